The van der Waals surface area contributed by atoms with Crippen LogP contribution < -0.4 is 19.5 Å². The first kappa shape index (κ1) is 20.6. The first-order valence-corrected chi connectivity index (χ1v) is 11.2. The number of methoxy groups -OCH3 is 2. The minimum atomic E-state index is 0.604. The molecule has 1 N–H and O–H groups in total. The van der Waals surface area contributed by atoms with Crippen molar-refractivity contribution in [2.45, 2.75) is 26.3 Å². The Hall–Kier alpha value is -3.31. The molecule has 2 heterocycles. The fourth-order valence-corrected chi connectivity index (χ4v) is 4.65. The van der Waals surface area contributed by atoms with Crippen LogP contribution in [-0.2, 0) is 13.0 Å². The Morgan fingerprint density at radius 1 is 0.969 bits per heavy atom. The standard InChI is InChI=1S/C27H28N2O3/c1-4-13-32-27-23(30-2)14-18(15-24(27)31-3)26-21-16-28-12-11-20(21)25-19-8-6-5-7-17(19)9-10-22(25)29-26/h5-10,14-15,28H,4,11-13,16H2,1-3H3. The van der Waals surface area contributed by atoms with Gasteiger partial charge < -0.3 is 19.5 Å². The highest BCUT2D eigenvalue weighted by Crippen LogP contribution is 2.43. The molecule has 1 aliphatic rings. The summed E-state index contributed by atoms with van der Waals surface area (Å²) in [6.07, 6.45) is 1.88. The zero-order valence-electron chi connectivity index (χ0n) is 18.8. The maximum Gasteiger partial charge on any atom is 0.203 e. The highest BCUT2D eigenvalue weighted by molar-refractivity contribution is 6.09. The van der Waals surface area contributed by atoms with Crippen molar-refractivity contribution in [3.05, 3.63) is 59.7 Å². The summed E-state index contributed by atoms with van der Waals surface area (Å²) in [6.45, 7) is 4.43. The lowest BCUT2D eigenvalue weighted by Gasteiger charge is -2.24. The van der Waals surface area contributed by atoms with E-state index < -0.39 is 0 Å². The van der Waals surface area contributed by atoms with E-state index in [1.807, 2.05) is 12.1 Å². The second-order valence-corrected chi connectivity index (χ2v) is 8.08. The number of pyridine rings is 1. The Morgan fingerprint density at radius 3 is 2.50 bits per heavy atom. The summed E-state index contributed by atoms with van der Waals surface area (Å²) in [5.74, 6) is 1.95. The molecule has 0 saturated carbocycles. The van der Waals surface area contributed by atoms with Crippen molar-refractivity contribution in [1.82, 2.24) is 10.3 Å². The van der Waals surface area contributed by atoms with Gasteiger partial charge in [-0.3, -0.25) is 0 Å². The molecule has 5 nitrogen and oxygen atoms in total. The fraction of sp³-hybridized carbons (Fsp3) is 0.296. The van der Waals surface area contributed by atoms with Crippen LogP contribution in [0.1, 0.15) is 24.5 Å². The smallest absolute Gasteiger partial charge is 0.203 e. The third-order valence-electron chi connectivity index (χ3n) is 6.13. The third kappa shape index (κ3) is 3.43. The molecule has 5 rings (SSSR count). The Balaban J connectivity index is 1.77. The second kappa shape index (κ2) is 8.67. The zero-order valence-corrected chi connectivity index (χ0v) is 18.8. The lowest BCUT2D eigenvalue weighted by molar-refractivity contribution is 0.275. The summed E-state index contributed by atoms with van der Waals surface area (Å²) < 4.78 is 17.3. The Labute approximate surface area is 188 Å². The molecule has 5 heteroatoms. The molecule has 4 aromatic rings. The largest absolute Gasteiger partial charge is 0.493 e. The SMILES string of the molecule is CCCOc1c(OC)cc(-c2nc3ccc4ccccc4c3c3c2CNCC3)cc1OC. The van der Waals surface area contributed by atoms with Gasteiger partial charge >= 0.3 is 0 Å². The van der Waals surface area contributed by atoms with Crippen molar-refractivity contribution in [3.63, 3.8) is 0 Å². The van der Waals surface area contributed by atoms with Gasteiger partial charge in [-0.2, -0.15) is 0 Å². The molecule has 0 amide bonds. The van der Waals surface area contributed by atoms with Crippen LogP contribution >= 0.6 is 0 Å². The van der Waals surface area contributed by atoms with E-state index in [1.54, 1.807) is 14.2 Å². The lowest BCUT2D eigenvalue weighted by atomic mass is 9.90. The summed E-state index contributed by atoms with van der Waals surface area (Å²) in [5.41, 5.74) is 5.58. The predicted molar refractivity (Wildman–Crippen MR) is 129 cm³/mol. The monoisotopic (exact) mass is 428 g/mol. The van der Waals surface area contributed by atoms with Crippen LogP contribution in [0.4, 0.5) is 0 Å². The number of hydrogen-bond acceptors (Lipinski definition) is 5. The van der Waals surface area contributed by atoms with Crippen LogP contribution in [0, 0.1) is 0 Å². The van der Waals surface area contributed by atoms with Crippen LogP contribution in [0.15, 0.2) is 48.5 Å². The molecule has 0 radical (unpaired) electrons. The number of aromatic nitrogens is 1. The van der Waals surface area contributed by atoms with Crippen molar-refractivity contribution in [2.75, 3.05) is 27.4 Å². The molecule has 0 atom stereocenters. The van der Waals surface area contributed by atoms with E-state index in [0.29, 0.717) is 23.9 Å². The zero-order chi connectivity index (χ0) is 22.1. The molecule has 0 unspecified atom stereocenters. The fourth-order valence-electron chi connectivity index (χ4n) is 4.65. The summed E-state index contributed by atoms with van der Waals surface area (Å²) in [7, 11) is 3.32. The molecule has 0 aliphatic carbocycles. The van der Waals surface area contributed by atoms with Gasteiger partial charge in [0.2, 0.25) is 5.75 Å². The highest BCUT2D eigenvalue weighted by Gasteiger charge is 2.23. The molecule has 0 fully saturated rings. The van der Waals surface area contributed by atoms with Crippen LogP contribution in [0.25, 0.3) is 32.9 Å². The van der Waals surface area contributed by atoms with Crippen LogP contribution in [-0.4, -0.2) is 32.4 Å². The van der Waals surface area contributed by atoms with E-state index in [-0.39, 0.29) is 0 Å². The number of nitrogens with zero attached hydrogens (tertiary/aromatic N) is 1. The first-order valence-electron chi connectivity index (χ1n) is 11.2. The molecular weight excluding hydrogens is 400 g/mol. The van der Waals surface area contributed by atoms with Gasteiger partial charge in [-0.1, -0.05) is 37.3 Å². The van der Waals surface area contributed by atoms with Crippen molar-refractivity contribution in [3.8, 4) is 28.5 Å². The van der Waals surface area contributed by atoms with Crippen molar-refractivity contribution in [1.29, 1.82) is 0 Å². The van der Waals surface area contributed by atoms with Gasteiger partial charge in [0.05, 0.1) is 32.0 Å². The van der Waals surface area contributed by atoms with Gasteiger partial charge in [0.25, 0.3) is 0 Å². The van der Waals surface area contributed by atoms with Gasteiger partial charge in [-0.15, -0.1) is 0 Å². The number of benzene rings is 3. The third-order valence-corrected chi connectivity index (χ3v) is 6.13. The molecule has 1 aromatic heterocycles. The molecule has 1 aliphatic heterocycles. The molecule has 32 heavy (non-hydrogen) atoms. The molecular formula is C27H28N2O3. The summed E-state index contributed by atoms with van der Waals surface area (Å²) in [4.78, 5) is 5.16. The van der Waals surface area contributed by atoms with Crippen LogP contribution in [0.5, 0.6) is 17.2 Å². The maximum atomic E-state index is 5.94. The Bertz CT molecular complexity index is 1270. The maximum absolute atomic E-state index is 5.94. The lowest BCUT2D eigenvalue weighted by Crippen LogP contribution is -2.25. The summed E-state index contributed by atoms with van der Waals surface area (Å²) in [5, 5.41) is 7.31. The Kier molecular flexibility index (Phi) is 5.58. The van der Waals surface area contributed by atoms with Crippen LogP contribution in [0.2, 0.25) is 0 Å². The molecule has 0 saturated heterocycles. The highest BCUT2D eigenvalue weighted by atomic mass is 16.5. The van der Waals surface area contributed by atoms with Gasteiger partial charge in [-0.25, -0.2) is 4.98 Å². The number of ether oxygens (including phenoxy) is 3. The average molecular weight is 429 g/mol. The van der Waals surface area contributed by atoms with E-state index in [4.69, 9.17) is 19.2 Å². The summed E-state index contributed by atoms with van der Waals surface area (Å²) >= 11 is 0. The number of hydrogen-bond donors (Lipinski definition) is 1. The molecule has 0 bridgehead atoms. The average Bonchev–Trinajstić information content (AvgIpc) is 2.86. The minimum absolute atomic E-state index is 0.604. The van der Waals surface area contributed by atoms with Gasteiger partial charge in [0.1, 0.15) is 0 Å². The van der Waals surface area contributed by atoms with E-state index in [2.05, 4.69) is 48.6 Å². The molecule has 164 valence electrons. The quantitative estimate of drug-likeness (QED) is 0.411. The van der Waals surface area contributed by atoms with Crippen molar-refractivity contribution >= 4 is 21.7 Å². The predicted octanol–water partition coefficient (Wildman–Crippen LogP) is 5.51. The number of fused-ring (bicyclic) bond motifs is 5. The van der Waals surface area contributed by atoms with Gasteiger partial charge in [0.15, 0.2) is 11.5 Å². The minimum Gasteiger partial charge on any atom is -0.493 e. The van der Waals surface area contributed by atoms with E-state index in [0.717, 1.165) is 42.7 Å². The van der Waals surface area contributed by atoms with Gasteiger partial charge in [-0.05, 0) is 59.5 Å². The summed E-state index contributed by atoms with van der Waals surface area (Å²) in [6, 6.07) is 16.9. The molecule has 0 spiro atoms. The van der Waals surface area contributed by atoms with E-state index >= 15 is 0 Å². The van der Waals surface area contributed by atoms with Crippen molar-refractivity contribution in [2.24, 2.45) is 0 Å². The normalized spacial score (nSPS) is 13.2. The second-order valence-electron chi connectivity index (χ2n) is 8.08. The molecule has 3 aromatic carbocycles. The first-order chi connectivity index (χ1) is 15.7. The van der Waals surface area contributed by atoms with E-state index in [1.165, 1.54) is 27.3 Å². The van der Waals surface area contributed by atoms with Crippen molar-refractivity contribution < 1.29 is 14.2 Å². The topological polar surface area (TPSA) is 52.6 Å². The number of rotatable bonds is 6. The Morgan fingerprint density at radius 2 is 1.75 bits per heavy atom. The van der Waals surface area contributed by atoms with Crippen LogP contribution in [0.3, 0.4) is 0 Å². The van der Waals surface area contributed by atoms with E-state index in [9.17, 15) is 0 Å². The van der Waals surface area contributed by atoms with Gasteiger partial charge in [0, 0.05) is 17.5 Å². The number of nitrogens with one attached hydrogen (secondary N) is 1.